The first-order valence-electron chi connectivity index (χ1n) is 7.88. The molecule has 3 rings (SSSR count). The summed E-state index contributed by atoms with van der Waals surface area (Å²) in [5.74, 6) is -0.216. The highest BCUT2D eigenvalue weighted by Crippen LogP contribution is 2.23. The van der Waals surface area contributed by atoms with Gasteiger partial charge in [0.05, 0.1) is 16.1 Å². The van der Waals surface area contributed by atoms with Gasteiger partial charge >= 0.3 is 0 Å². The quantitative estimate of drug-likeness (QED) is 0.706. The van der Waals surface area contributed by atoms with E-state index in [0.717, 1.165) is 33.4 Å². The van der Waals surface area contributed by atoms with Gasteiger partial charge in [0, 0.05) is 7.05 Å². The molecule has 2 aromatic carbocycles. The number of nitrogens with zero attached hydrogens (tertiary/aromatic N) is 2. The van der Waals surface area contributed by atoms with E-state index in [0.29, 0.717) is 0 Å². The van der Waals surface area contributed by atoms with E-state index in [-0.39, 0.29) is 11.8 Å². The SMILES string of the molecule is CCC[C@@H](C(=O)N=c1sc2ccccc2n1C)c1ccccc1. The molecule has 0 spiro atoms. The molecule has 118 valence electrons. The number of amides is 1. The molecule has 0 saturated carbocycles. The van der Waals surface area contributed by atoms with Crippen LogP contribution in [-0.4, -0.2) is 10.5 Å². The minimum absolute atomic E-state index is 0.0554. The number of carbonyl (C=O) groups excluding carboxylic acids is 1. The van der Waals surface area contributed by atoms with Crippen molar-refractivity contribution in [2.24, 2.45) is 12.0 Å². The molecule has 0 N–H and O–H groups in total. The van der Waals surface area contributed by atoms with Crippen LogP contribution in [0, 0.1) is 0 Å². The zero-order valence-electron chi connectivity index (χ0n) is 13.4. The molecular weight excluding hydrogens is 304 g/mol. The van der Waals surface area contributed by atoms with Crippen molar-refractivity contribution in [1.82, 2.24) is 4.57 Å². The van der Waals surface area contributed by atoms with E-state index >= 15 is 0 Å². The van der Waals surface area contributed by atoms with E-state index in [1.807, 2.05) is 54.1 Å². The van der Waals surface area contributed by atoms with Gasteiger partial charge in [0.1, 0.15) is 0 Å². The van der Waals surface area contributed by atoms with Gasteiger partial charge in [-0.05, 0) is 24.1 Å². The van der Waals surface area contributed by atoms with E-state index in [1.54, 1.807) is 11.3 Å². The van der Waals surface area contributed by atoms with Crippen molar-refractivity contribution in [2.45, 2.75) is 25.7 Å². The number of benzene rings is 2. The van der Waals surface area contributed by atoms with E-state index in [9.17, 15) is 4.79 Å². The third-order valence-electron chi connectivity index (χ3n) is 4.00. The first-order valence-corrected chi connectivity index (χ1v) is 8.70. The van der Waals surface area contributed by atoms with E-state index < -0.39 is 0 Å². The fourth-order valence-corrected chi connectivity index (χ4v) is 3.79. The molecule has 1 amide bonds. The third-order valence-corrected chi connectivity index (χ3v) is 5.11. The Kier molecular flexibility index (Phi) is 4.72. The van der Waals surface area contributed by atoms with Crippen molar-refractivity contribution in [3.05, 3.63) is 65.0 Å². The van der Waals surface area contributed by atoms with Crippen LogP contribution in [0.3, 0.4) is 0 Å². The van der Waals surface area contributed by atoms with Crippen molar-refractivity contribution in [2.75, 3.05) is 0 Å². The zero-order chi connectivity index (χ0) is 16.2. The van der Waals surface area contributed by atoms with Crippen LogP contribution in [-0.2, 0) is 11.8 Å². The Balaban J connectivity index is 2.01. The van der Waals surface area contributed by atoms with Gasteiger partial charge in [-0.25, -0.2) is 0 Å². The summed E-state index contributed by atoms with van der Waals surface area (Å²) in [6, 6.07) is 18.1. The van der Waals surface area contributed by atoms with Gasteiger partial charge in [0.15, 0.2) is 4.80 Å². The van der Waals surface area contributed by atoms with Gasteiger partial charge in [-0.15, -0.1) is 0 Å². The number of para-hydroxylation sites is 1. The summed E-state index contributed by atoms with van der Waals surface area (Å²) < 4.78 is 3.14. The molecule has 4 heteroatoms. The van der Waals surface area contributed by atoms with E-state index in [2.05, 4.69) is 24.0 Å². The second-order valence-electron chi connectivity index (χ2n) is 5.61. The molecule has 1 heterocycles. The highest BCUT2D eigenvalue weighted by Gasteiger charge is 2.19. The standard InChI is InChI=1S/C19H20N2OS/c1-3-9-15(14-10-5-4-6-11-14)18(22)20-19-21(2)16-12-7-8-13-17(16)23-19/h4-8,10-13,15H,3,9H2,1-2H3/t15-/m1/s1. The third kappa shape index (κ3) is 3.27. The van der Waals surface area contributed by atoms with Gasteiger partial charge in [-0.1, -0.05) is 67.1 Å². The molecular formula is C19H20N2OS. The molecule has 0 unspecified atom stereocenters. The van der Waals surface area contributed by atoms with Crippen LogP contribution in [0.5, 0.6) is 0 Å². The molecule has 1 atom stereocenters. The highest BCUT2D eigenvalue weighted by molar-refractivity contribution is 7.16. The van der Waals surface area contributed by atoms with Gasteiger partial charge in [-0.2, -0.15) is 4.99 Å². The van der Waals surface area contributed by atoms with Gasteiger partial charge in [0.25, 0.3) is 5.91 Å². The first kappa shape index (κ1) is 15.7. The van der Waals surface area contributed by atoms with Crippen LogP contribution in [0.4, 0.5) is 0 Å². The van der Waals surface area contributed by atoms with Crippen LogP contribution < -0.4 is 4.80 Å². The Labute approximate surface area is 139 Å². The van der Waals surface area contributed by atoms with E-state index in [4.69, 9.17) is 0 Å². The molecule has 1 aromatic heterocycles. The lowest BCUT2D eigenvalue weighted by molar-refractivity contribution is -0.119. The molecule has 0 fully saturated rings. The number of hydrogen-bond donors (Lipinski definition) is 0. The summed E-state index contributed by atoms with van der Waals surface area (Å²) in [5, 5.41) is 0. The topological polar surface area (TPSA) is 34.4 Å². The van der Waals surface area contributed by atoms with Crippen LogP contribution in [0.1, 0.15) is 31.2 Å². The predicted molar refractivity (Wildman–Crippen MR) is 95.5 cm³/mol. The smallest absolute Gasteiger partial charge is 0.255 e. The molecule has 0 aliphatic carbocycles. The van der Waals surface area contributed by atoms with Crippen LogP contribution in [0.25, 0.3) is 10.2 Å². The fourth-order valence-electron chi connectivity index (χ4n) is 2.77. The zero-order valence-corrected chi connectivity index (χ0v) is 14.2. The first-order chi connectivity index (χ1) is 11.2. The molecule has 3 aromatic rings. The average molecular weight is 324 g/mol. The predicted octanol–water partition coefficient (Wildman–Crippen LogP) is 4.25. The molecule has 23 heavy (non-hydrogen) atoms. The maximum absolute atomic E-state index is 12.8. The summed E-state index contributed by atoms with van der Waals surface area (Å²) in [6.07, 6.45) is 1.78. The number of rotatable bonds is 4. The van der Waals surface area contributed by atoms with Crippen LogP contribution in [0.2, 0.25) is 0 Å². The van der Waals surface area contributed by atoms with Crippen molar-refractivity contribution < 1.29 is 4.79 Å². The van der Waals surface area contributed by atoms with Crippen molar-refractivity contribution in [3.8, 4) is 0 Å². The summed E-state index contributed by atoms with van der Waals surface area (Å²) in [6.45, 7) is 2.10. The van der Waals surface area contributed by atoms with Crippen LogP contribution in [0.15, 0.2) is 59.6 Å². The minimum Gasteiger partial charge on any atom is -0.319 e. The Hall–Kier alpha value is -2.20. The molecule has 0 bridgehead atoms. The van der Waals surface area contributed by atoms with E-state index in [1.165, 1.54) is 0 Å². The van der Waals surface area contributed by atoms with Crippen LogP contribution >= 0.6 is 11.3 Å². The lowest BCUT2D eigenvalue weighted by atomic mass is 9.94. The monoisotopic (exact) mass is 324 g/mol. The number of fused-ring (bicyclic) bond motifs is 1. The Morgan fingerprint density at radius 3 is 2.52 bits per heavy atom. The molecule has 0 radical (unpaired) electrons. The Bertz CT molecular complexity index is 877. The maximum Gasteiger partial charge on any atom is 0.255 e. The molecule has 3 nitrogen and oxygen atoms in total. The highest BCUT2D eigenvalue weighted by atomic mass is 32.1. The summed E-state index contributed by atoms with van der Waals surface area (Å²) in [5.41, 5.74) is 2.16. The number of carbonyl (C=O) groups is 1. The molecule has 0 saturated heterocycles. The normalized spacial score (nSPS) is 13.4. The number of aromatic nitrogens is 1. The average Bonchev–Trinajstić information content (AvgIpc) is 2.89. The van der Waals surface area contributed by atoms with Crippen molar-refractivity contribution in [1.29, 1.82) is 0 Å². The Morgan fingerprint density at radius 1 is 1.13 bits per heavy atom. The van der Waals surface area contributed by atoms with Gasteiger partial charge in [0.2, 0.25) is 0 Å². The summed E-state index contributed by atoms with van der Waals surface area (Å²) >= 11 is 1.56. The van der Waals surface area contributed by atoms with Crippen molar-refractivity contribution >= 4 is 27.5 Å². The van der Waals surface area contributed by atoms with Gasteiger partial charge in [-0.3, -0.25) is 4.79 Å². The fraction of sp³-hybridized carbons (Fsp3) is 0.263. The minimum atomic E-state index is -0.161. The lowest BCUT2D eigenvalue weighted by Crippen LogP contribution is -2.17. The maximum atomic E-state index is 12.8. The largest absolute Gasteiger partial charge is 0.319 e. The number of hydrogen-bond acceptors (Lipinski definition) is 2. The van der Waals surface area contributed by atoms with Crippen molar-refractivity contribution in [3.63, 3.8) is 0 Å². The second-order valence-corrected chi connectivity index (χ2v) is 6.62. The lowest BCUT2D eigenvalue weighted by Gasteiger charge is -2.12. The summed E-state index contributed by atoms with van der Waals surface area (Å²) in [4.78, 5) is 18.0. The van der Waals surface area contributed by atoms with Gasteiger partial charge < -0.3 is 4.57 Å². The summed E-state index contributed by atoms with van der Waals surface area (Å²) in [7, 11) is 1.96. The number of aryl methyl sites for hydroxylation is 1. The number of thiazole rings is 1. The molecule has 0 aliphatic rings. The molecule has 0 aliphatic heterocycles. The Morgan fingerprint density at radius 2 is 1.83 bits per heavy atom. The second kappa shape index (κ2) is 6.92.